The smallest absolute Gasteiger partial charge is 0.182 e. The SMILES string of the molecule is CCONC(CC)C(=O)c1ccc(N)c(Cl)c1. The van der Waals surface area contributed by atoms with Crippen molar-refractivity contribution in [2.45, 2.75) is 26.3 Å². The van der Waals surface area contributed by atoms with Crippen LogP contribution in [0.4, 0.5) is 5.69 Å². The molecule has 0 amide bonds. The molecule has 17 heavy (non-hydrogen) atoms. The van der Waals surface area contributed by atoms with Gasteiger partial charge in [0.1, 0.15) is 0 Å². The molecule has 1 rings (SSSR count). The molecule has 1 unspecified atom stereocenters. The quantitative estimate of drug-likeness (QED) is 0.466. The van der Waals surface area contributed by atoms with Gasteiger partial charge in [-0.3, -0.25) is 4.79 Å². The van der Waals surface area contributed by atoms with E-state index in [0.717, 1.165) is 0 Å². The summed E-state index contributed by atoms with van der Waals surface area (Å²) in [5.41, 5.74) is 9.32. The van der Waals surface area contributed by atoms with E-state index in [1.54, 1.807) is 18.2 Å². The first-order chi connectivity index (χ1) is 8.10. The third-order valence-corrected chi connectivity index (χ3v) is 2.71. The second-order valence-corrected chi connectivity index (χ2v) is 4.02. The van der Waals surface area contributed by atoms with Gasteiger partial charge in [-0.25, -0.2) is 0 Å². The number of ketones is 1. The van der Waals surface area contributed by atoms with Crippen LogP contribution in [0.5, 0.6) is 0 Å². The molecule has 4 nitrogen and oxygen atoms in total. The van der Waals surface area contributed by atoms with Crippen LogP contribution in [0.25, 0.3) is 0 Å². The summed E-state index contributed by atoms with van der Waals surface area (Å²) in [5, 5.41) is 0.391. The Kier molecular flexibility index (Phi) is 5.41. The molecule has 5 heteroatoms. The Morgan fingerprint density at radius 2 is 2.24 bits per heavy atom. The van der Waals surface area contributed by atoms with Gasteiger partial charge in [0, 0.05) is 5.56 Å². The van der Waals surface area contributed by atoms with Crippen LogP contribution in [-0.4, -0.2) is 18.4 Å². The number of halogens is 1. The predicted molar refractivity (Wildman–Crippen MR) is 69.0 cm³/mol. The molecule has 1 aromatic carbocycles. The third-order valence-electron chi connectivity index (χ3n) is 2.38. The molecule has 1 aromatic rings. The first kappa shape index (κ1) is 14.0. The number of benzene rings is 1. The zero-order chi connectivity index (χ0) is 12.8. The average Bonchev–Trinajstić information content (AvgIpc) is 2.33. The fourth-order valence-electron chi connectivity index (χ4n) is 1.39. The lowest BCUT2D eigenvalue weighted by Crippen LogP contribution is -2.36. The summed E-state index contributed by atoms with van der Waals surface area (Å²) < 4.78 is 0. The number of hydroxylamine groups is 1. The van der Waals surface area contributed by atoms with Gasteiger partial charge in [-0.2, -0.15) is 5.48 Å². The van der Waals surface area contributed by atoms with Crippen LogP contribution >= 0.6 is 11.6 Å². The van der Waals surface area contributed by atoms with Crippen LogP contribution in [0, 0.1) is 0 Å². The molecule has 0 saturated heterocycles. The van der Waals surface area contributed by atoms with Crippen LogP contribution in [-0.2, 0) is 4.84 Å². The van der Waals surface area contributed by atoms with Crippen molar-refractivity contribution in [3.8, 4) is 0 Å². The van der Waals surface area contributed by atoms with E-state index < -0.39 is 0 Å². The summed E-state index contributed by atoms with van der Waals surface area (Å²) in [6.07, 6.45) is 0.640. The summed E-state index contributed by atoms with van der Waals surface area (Å²) in [7, 11) is 0. The molecule has 0 aromatic heterocycles. The minimum Gasteiger partial charge on any atom is -0.398 e. The zero-order valence-corrected chi connectivity index (χ0v) is 10.8. The highest BCUT2D eigenvalue weighted by Gasteiger charge is 2.18. The third kappa shape index (κ3) is 3.70. The standard InChI is InChI=1S/C12H17ClN2O2/c1-3-11(15-17-4-2)12(16)8-5-6-10(14)9(13)7-8/h5-7,11,15H,3-4,14H2,1-2H3. The van der Waals surface area contributed by atoms with Crippen molar-refractivity contribution in [1.29, 1.82) is 0 Å². The molecule has 94 valence electrons. The van der Waals surface area contributed by atoms with Crippen LogP contribution in [0.1, 0.15) is 30.6 Å². The van der Waals surface area contributed by atoms with Gasteiger partial charge >= 0.3 is 0 Å². The van der Waals surface area contributed by atoms with Gasteiger partial charge in [0.15, 0.2) is 5.78 Å². The van der Waals surface area contributed by atoms with Gasteiger partial charge in [-0.15, -0.1) is 0 Å². The van der Waals surface area contributed by atoms with Gasteiger partial charge in [-0.05, 0) is 31.5 Å². The van der Waals surface area contributed by atoms with Crippen LogP contribution in [0.15, 0.2) is 18.2 Å². The molecular formula is C12H17ClN2O2. The second kappa shape index (κ2) is 6.59. The molecule has 0 heterocycles. The number of rotatable bonds is 6. The molecule has 0 aliphatic rings. The average molecular weight is 257 g/mol. The van der Waals surface area contributed by atoms with E-state index in [-0.39, 0.29) is 11.8 Å². The maximum atomic E-state index is 12.1. The van der Waals surface area contributed by atoms with E-state index in [0.29, 0.717) is 29.3 Å². The number of anilines is 1. The second-order valence-electron chi connectivity index (χ2n) is 3.61. The van der Waals surface area contributed by atoms with Gasteiger partial charge in [0.2, 0.25) is 0 Å². The first-order valence-corrected chi connectivity index (χ1v) is 5.94. The van der Waals surface area contributed by atoms with E-state index in [4.69, 9.17) is 22.2 Å². The Balaban J connectivity index is 2.82. The molecule has 0 bridgehead atoms. The van der Waals surface area contributed by atoms with E-state index in [2.05, 4.69) is 5.48 Å². The van der Waals surface area contributed by atoms with Crippen molar-refractivity contribution in [2.75, 3.05) is 12.3 Å². The van der Waals surface area contributed by atoms with Crippen molar-refractivity contribution < 1.29 is 9.63 Å². The fourth-order valence-corrected chi connectivity index (χ4v) is 1.57. The number of carbonyl (C=O) groups excluding carboxylic acids is 1. The fraction of sp³-hybridized carbons (Fsp3) is 0.417. The van der Waals surface area contributed by atoms with Crippen molar-refractivity contribution in [3.63, 3.8) is 0 Å². The molecule has 0 fully saturated rings. The molecule has 3 N–H and O–H groups in total. The van der Waals surface area contributed by atoms with Crippen LogP contribution in [0.2, 0.25) is 5.02 Å². The Morgan fingerprint density at radius 1 is 1.53 bits per heavy atom. The topological polar surface area (TPSA) is 64.3 Å². The Hall–Kier alpha value is -1.10. The largest absolute Gasteiger partial charge is 0.398 e. The normalized spacial score (nSPS) is 12.4. The molecule has 0 spiro atoms. The number of nitrogens with one attached hydrogen (secondary N) is 1. The predicted octanol–water partition coefficient (Wildman–Crippen LogP) is 2.42. The van der Waals surface area contributed by atoms with E-state index in [1.165, 1.54) is 0 Å². The lowest BCUT2D eigenvalue weighted by atomic mass is 10.0. The number of hydrogen-bond acceptors (Lipinski definition) is 4. The molecular weight excluding hydrogens is 240 g/mol. The Morgan fingerprint density at radius 3 is 2.76 bits per heavy atom. The molecule has 0 aliphatic carbocycles. The van der Waals surface area contributed by atoms with E-state index in [9.17, 15) is 4.79 Å². The van der Waals surface area contributed by atoms with Gasteiger partial charge < -0.3 is 10.6 Å². The summed E-state index contributed by atoms with van der Waals surface area (Å²) in [5.74, 6) is -0.0529. The Labute approximate surface area is 106 Å². The van der Waals surface area contributed by atoms with Crippen molar-refractivity contribution in [3.05, 3.63) is 28.8 Å². The summed E-state index contributed by atoms with van der Waals surface area (Å²) in [4.78, 5) is 17.2. The lowest BCUT2D eigenvalue weighted by Gasteiger charge is -2.15. The van der Waals surface area contributed by atoms with Crippen LogP contribution in [0.3, 0.4) is 0 Å². The summed E-state index contributed by atoms with van der Waals surface area (Å²) in [6.45, 7) is 4.27. The van der Waals surface area contributed by atoms with Gasteiger partial charge in [0.25, 0.3) is 0 Å². The maximum absolute atomic E-state index is 12.1. The summed E-state index contributed by atoms with van der Waals surface area (Å²) >= 11 is 5.88. The summed E-state index contributed by atoms with van der Waals surface area (Å²) in [6, 6.07) is 4.51. The van der Waals surface area contributed by atoms with Gasteiger partial charge in [0.05, 0.1) is 23.4 Å². The number of nitrogen functional groups attached to an aromatic ring is 1. The lowest BCUT2D eigenvalue weighted by molar-refractivity contribution is 0.0237. The van der Waals surface area contributed by atoms with E-state index in [1.807, 2.05) is 13.8 Å². The highest BCUT2D eigenvalue weighted by Crippen LogP contribution is 2.20. The molecule has 0 saturated carbocycles. The first-order valence-electron chi connectivity index (χ1n) is 5.56. The zero-order valence-electron chi connectivity index (χ0n) is 10.00. The molecule has 0 aliphatic heterocycles. The number of Topliss-reactive ketones (excluding diaryl/α,β-unsaturated/α-hetero) is 1. The van der Waals surface area contributed by atoms with Crippen LogP contribution < -0.4 is 11.2 Å². The maximum Gasteiger partial charge on any atom is 0.182 e. The molecule has 1 atom stereocenters. The number of nitrogens with two attached hydrogens (primary N) is 1. The Bertz CT molecular complexity index is 396. The monoisotopic (exact) mass is 256 g/mol. The highest BCUT2D eigenvalue weighted by atomic mass is 35.5. The van der Waals surface area contributed by atoms with Crippen molar-refractivity contribution in [1.82, 2.24) is 5.48 Å². The van der Waals surface area contributed by atoms with Crippen molar-refractivity contribution >= 4 is 23.1 Å². The number of hydrogen-bond donors (Lipinski definition) is 2. The number of carbonyl (C=O) groups is 1. The highest BCUT2D eigenvalue weighted by molar-refractivity contribution is 6.33. The minimum atomic E-state index is -0.366. The van der Waals surface area contributed by atoms with E-state index >= 15 is 0 Å². The van der Waals surface area contributed by atoms with Crippen molar-refractivity contribution in [2.24, 2.45) is 0 Å². The molecule has 0 radical (unpaired) electrons. The van der Waals surface area contributed by atoms with Gasteiger partial charge in [-0.1, -0.05) is 18.5 Å². The minimum absolute atomic E-state index is 0.0529.